The second-order valence-corrected chi connectivity index (χ2v) is 8.67. The van der Waals surface area contributed by atoms with Crippen LogP contribution in [-0.4, -0.2) is 0 Å². The van der Waals surface area contributed by atoms with E-state index in [1.54, 1.807) is 11.1 Å². The van der Waals surface area contributed by atoms with Crippen LogP contribution in [0.25, 0.3) is 0 Å². The number of hydrogen-bond acceptors (Lipinski definition) is 0. The van der Waals surface area contributed by atoms with Crippen molar-refractivity contribution >= 4 is 0 Å². The third-order valence-corrected chi connectivity index (χ3v) is 7.80. The van der Waals surface area contributed by atoms with Gasteiger partial charge in [-0.15, -0.1) is 0 Å². The molecule has 2 unspecified atom stereocenters. The van der Waals surface area contributed by atoms with E-state index in [4.69, 9.17) is 0 Å². The predicted octanol–water partition coefficient (Wildman–Crippen LogP) is 1.66. The van der Waals surface area contributed by atoms with Crippen LogP contribution in [-0.2, 0) is 24.4 Å². The van der Waals surface area contributed by atoms with Gasteiger partial charge in [-0.3, -0.25) is 0 Å². The van der Waals surface area contributed by atoms with Crippen molar-refractivity contribution in [1.82, 2.24) is 0 Å². The Hall–Kier alpha value is 0.120. The van der Waals surface area contributed by atoms with E-state index in [0.717, 1.165) is 5.92 Å². The van der Waals surface area contributed by atoms with Crippen LogP contribution in [0.4, 0.5) is 0 Å². The minimum atomic E-state index is 0. The van der Waals surface area contributed by atoms with Gasteiger partial charge in [-0.2, -0.15) is 0 Å². The van der Waals surface area contributed by atoms with Crippen molar-refractivity contribution in [2.75, 3.05) is 0 Å². The zero-order chi connectivity index (χ0) is 11.7. The summed E-state index contributed by atoms with van der Waals surface area (Å²) in [4.78, 5) is 0. The van der Waals surface area contributed by atoms with E-state index >= 15 is 0 Å². The van der Waals surface area contributed by atoms with Crippen molar-refractivity contribution in [3.63, 3.8) is 0 Å². The molecule has 0 saturated heterocycles. The van der Waals surface area contributed by atoms with Gasteiger partial charge in [0.15, 0.2) is 0 Å². The molecule has 94 valence electrons. The molecule has 0 aromatic carbocycles. The molecule has 1 fully saturated rings. The fourth-order valence-corrected chi connectivity index (χ4v) is 6.05. The summed E-state index contributed by atoms with van der Waals surface area (Å²) < 4.78 is 0.569. The monoisotopic (exact) mass is 426 g/mol. The Morgan fingerprint density at radius 3 is 2.50 bits per heavy atom. The van der Waals surface area contributed by atoms with Crippen molar-refractivity contribution in [2.45, 2.75) is 41.7 Å². The van der Waals surface area contributed by atoms with E-state index in [1.165, 1.54) is 62.9 Å². The van der Waals surface area contributed by atoms with E-state index < -0.39 is 0 Å². The summed E-state index contributed by atoms with van der Waals surface area (Å²) in [6.07, 6.45) is 22.2. The standard InChI is InChI=1S/C16H19.ClH.Hf/c1-2-8-13(7-1)15-11-5-6-12-16(15)14-9-3-4-10-14;;/h1-4,7,9,15H,5-6,8,10-12H2;1H;/q;;+1/p-1. The van der Waals surface area contributed by atoms with E-state index in [-0.39, 0.29) is 12.4 Å². The van der Waals surface area contributed by atoms with E-state index in [2.05, 4.69) is 36.5 Å². The summed E-state index contributed by atoms with van der Waals surface area (Å²) in [6.45, 7) is 0. The summed E-state index contributed by atoms with van der Waals surface area (Å²) in [5, 5.41) is 0. The van der Waals surface area contributed by atoms with E-state index in [0.29, 0.717) is 3.17 Å². The fourth-order valence-electron chi connectivity index (χ4n) is 3.56. The molecule has 0 nitrogen and oxygen atoms in total. The molecule has 0 N–H and O–H groups in total. The average Bonchev–Trinajstić information content (AvgIpc) is 3.03. The van der Waals surface area contributed by atoms with Gasteiger partial charge in [0.25, 0.3) is 0 Å². The second-order valence-electron chi connectivity index (χ2n) is 5.47. The maximum absolute atomic E-state index is 2.41. The Kier molecular flexibility index (Phi) is 4.88. The topological polar surface area (TPSA) is 0 Å². The summed E-state index contributed by atoms with van der Waals surface area (Å²) in [5.74, 6) is 0.851. The van der Waals surface area contributed by atoms with E-state index in [9.17, 15) is 0 Å². The van der Waals surface area contributed by atoms with Gasteiger partial charge in [0, 0.05) is 0 Å². The molecule has 3 rings (SSSR count). The molecule has 0 aromatic rings. The Labute approximate surface area is 131 Å². The van der Waals surface area contributed by atoms with Crippen LogP contribution < -0.4 is 12.4 Å². The molecule has 2 atom stereocenters. The molecule has 0 heterocycles. The fraction of sp³-hybridized carbons (Fsp3) is 0.500. The van der Waals surface area contributed by atoms with Gasteiger partial charge in [-0.05, 0) is 0 Å². The number of hydrogen-bond donors (Lipinski definition) is 0. The van der Waals surface area contributed by atoms with Crippen molar-refractivity contribution in [3.05, 3.63) is 47.6 Å². The number of rotatable bonds is 2. The van der Waals surface area contributed by atoms with Gasteiger partial charge in [0.05, 0.1) is 0 Å². The molecular formula is C16H19ClHf. The predicted molar refractivity (Wildman–Crippen MR) is 68.3 cm³/mol. The molecule has 0 spiro atoms. The third-order valence-electron chi connectivity index (χ3n) is 4.50. The first-order chi connectivity index (χ1) is 8.31. The van der Waals surface area contributed by atoms with Gasteiger partial charge in [-0.1, -0.05) is 0 Å². The average molecular weight is 425 g/mol. The van der Waals surface area contributed by atoms with Gasteiger partial charge in [0.1, 0.15) is 0 Å². The molecule has 18 heavy (non-hydrogen) atoms. The van der Waals surface area contributed by atoms with Gasteiger partial charge < -0.3 is 12.4 Å². The van der Waals surface area contributed by atoms with Gasteiger partial charge in [-0.25, -0.2) is 0 Å². The third kappa shape index (κ3) is 2.54. The Morgan fingerprint density at radius 1 is 1.06 bits per heavy atom. The summed E-state index contributed by atoms with van der Waals surface area (Å²) in [7, 11) is 0. The molecule has 0 bridgehead atoms. The molecule has 0 radical (unpaired) electrons. The summed E-state index contributed by atoms with van der Waals surface area (Å²) >= 11 is 1.31. The van der Waals surface area contributed by atoms with Crippen LogP contribution in [0.1, 0.15) is 38.5 Å². The van der Waals surface area contributed by atoms with Crippen molar-refractivity contribution < 1.29 is 36.8 Å². The summed E-state index contributed by atoms with van der Waals surface area (Å²) in [5.41, 5.74) is 3.45. The van der Waals surface area contributed by atoms with Crippen LogP contribution in [0.3, 0.4) is 0 Å². The number of allylic oxidation sites excluding steroid dienone is 8. The van der Waals surface area contributed by atoms with Gasteiger partial charge >= 0.3 is 120 Å². The molecular weight excluding hydrogens is 406 g/mol. The van der Waals surface area contributed by atoms with Crippen molar-refractivity contribution in [3.8, 4) is 0 Å². The van der Waals surface area contributed by atoms with Crippen LogP contribution in [0, 0.1) is 5.92 Å². The molecule has 2 heteroatoms. The van der Waals surface area contributed by atoms with Crippen molar-refractivity contribution in [1.29, 1.82) is 0 Å². The molecule has 3 aliphatic rings. The number of halogens is 1. The normalized spacial score (nSPS) is 34.1. The molecule has 3 aliphatic carbocycles. The van der Waals surface area contributed by atoms with Crippen LogP contribution in [0.5, 0.6) is 0 Å². The molecule has 1 saturated carbocycles. The Balaban J connectivity index is 0.00000120. The zero-order valence-corrected chi connectivity index (χ0v) is 15.0. The quantitative estimate of drug-likeness (QED) is 0.591. The molecule has 0 aromatic heterocycles. The Bertz CT molecular complexity index is 430. The first kappa shape index (κ1) is 14.5. The van der Waals surface area contributed by atoms with Gasteiger partial charge in [0.2, 0.25) is 0 Å². The van der Waals surface area contributed by atoms with Crippen LogP contribution in [0.15, 0.2) is 47.6 Å². The molecule has 0 amide bonds. The van der Waals surface area contributed by atoms with Crippen LogP contribution in [0.2, 0.25) is 3.17 Å². The SMILES string of the molecule is [Cl-].[Hf+][C]1(C2=CC=CC2)CCCCC1C1=CC=CC1. The second kappa shape index (κ2) is 6.05. The van der Waals surface area contributed by atoms with Crippen LogP contribution >= 0.6 is 0 Å². The summed E-state index contributed by atoms with van der Waals surface area (Å²) in [6, 6.07) is 0. The first-order valence-electron chi connectivity index (χ1n) is 6.77. The van der Waals surface area contributed by atoms with E-state index in [1.807, 2.05) is 0 Å². The van der Waals surface area contributed by atoms with Crippen molar-refractivity contribution in [2.24, 2.45) is 5.92 Å². The maximum atomic E-state index is 2.41. The minimum absolute atomic E-state index is 0. The zero-order valence-electron chi connectivity index (χ0n) is 10.7. The first-order valence-corrected chi connectivity index (χ1v) is 8.57. The molecule has 0 aliphatic heterocycles. The Morgan fingerprint density at radius 2 is 1.83 bits per heavy atom.